The van der Waals surface area contributed by atoms with Gasteiger partial charge >= 0.3 is 0 Å². The van der Waals surface area contributed by atoms with Crippen molar-refractivity contribution in [3.05, 3.63) is 37.7 Å². The zero-order valence-electron chi connectivity index (χ0n) is 5.15. The Hall–Kier alpha value is -0.850. The average molecular weight is 114 g/mol. The van der Waals surface area contributed by atoms with E-state index in [-0.39, 0.29) is 0 Å². The van der Waals surface area contributed by atoms with Gasteiger partial charge in [0.05, 0.1) is 0 Å². The Bertz CT molecular complexity index is 82.4. The summed E-state index contributed by atoms with van der Waals surface area (Å²) in [5.74, 6) is -0.481. The molecule has 0 rings (SSSR count). The highest BCUT2D eigenvalue weighted by Crippen LogP contribution is 1.86. The molecule has 0 radical (unpaired) electrons. The van der Waals surface area contributed by atoms with Crippen molar-refractivity contribution in [1.29, 1.82) is 0 Å². The van der Waals surface area contributed by atoms with Crippen LogP contribution in [0.5, 0.6) is 0 Å². The molecule has 0 saturated carbocycles. The maximum atomic E-state index is 11.1. The van der Waals surface area contributed by atoms with Crippen molar-refractivity contribution in [3.63, 3.8) is 0 Å². The van der Waals surface area contributed by atoms with E-state index in [0.717, 1.165) is 6.08 Å². The van der Waals surface area contributed by atoms with E-state index in [1.165, 1.54) is 0 Å². The molecule has 46 valence electrons. The fourth-order valence-corrected chi connectivity index (χ4v) is 0. The summed E-state index contributed by atoms with van der Waals surface area (Å²) in [6, 6.07) is 0. The van der Waals surface area contributed by atoms with Crippen LogP contribution < -0.4 is 0 Å². The number of hydrogen-bond acceptors (Lipinski definition) is 0. The van der Waals surface area contributed by atoms with E-state index in [0.29, 0.717) is 0 Å². The predicted molar refractivity (Wildman–Crippen MR) is 36.3 cm³/mol. The first-order valence-corrected chi connectivity index (χ1v) is 2.23. The molecule has 0 nitrogen and oxygen atoms in total. The van der Waals surface area contributed by atoms with Gasteiger partial charge in [0.25, 0.3) is 0 Å². The lowest BCUT2D eigenvalue weighted by Crippen LogP contribution is -1.46. The second kappa shape index (κ2) is 9.47. The molecule has 0 aliphatic carbocycles. The molecule has 0 heterocycles. The first-order chi connectivity index (χ1) is 3.68. The third kappa shape index (κ3) is 67.1. The standard InChI is InChI=1S/C4H5F.C3H6/c1-3-4(2)5;1-3-2/h3H,1-2H2;3H,1H2,2H3. The molecule has 0 unspecified atom stereocenters. The Labute approximate surface area is 50.0 Å². The molecule has 0 aromatic carbocycles. The van der Waals surface area contributed by atoms with E-state index in [1.807, 2.05) is 6.92 Å². The summed E-state index contributed by atoms with van der Waals surface area (Å²) in [5, 5.41) is 0. The van der Waals surface area contributed by atoms with Crippen molar-refractivity contribution in [2.24, 2.45) is 0 Å². The van der Waals surface area contributed by atoms with Gasteiger partial charge in [0, 0.05) is 0 Å². The van der Waals surface area contributed by atoms with E-state index < -0.39 is 5.83 Å². The monoisotopic (exact) mass is 114 g/mol. The molecule has 0 atom stereocenters. The van der Waals surface area contributed by atoms with E-state index >= 15 is 0 Å². The van der Waals surface area contributed by atoms with E-state index in [4.69, 9.17) is 0 Å². The second-order valence-electron chi connectivity index (χ2n) is 1.06. The van der Waals surface area contributed by atoms with Crippen LogP contribution in [-0.2, 0) is 0 Å². The van der Waals surface area contributed by atoms with Crippen LogP contribution in [0.25, 0.3) is 0 Å². The van der Waals surface area contributed by atoms with Gasteiger partial charge < -0.3 is 0 Å². The van der Waals surface area contributed by atoms with Crippen LogP contribution in [0.4, 0.5) is 4.39 Å². The summed E-state index contributed by atoms with van der Waals surface area (Å²) < 4.78 is 11.1. The molecular weight excluding hydrogens is 103 g/mol. The van der Waals surface area contributed by atoms with Gasteiger partial charge in [0.15, 0.2) is 0 Å². The van der Waals surface area contributed by atoms with Crippen molar-refractivity contribution < 1.29 is 4.39 Å². The Morgan fingerprint density at radius 1 is 1.50 bits per heavy atom. The third-order valence-corrected chi connectivity index (χ3v) is 0.221. The van der Waals surface area contributed by atoms with Crippen LogP contribution in [-0.4, -0.2) is 0 Å². The van der Waals surface area contributed by atoms with Crippen molar-refractivity contribution in [2.75, 3.05) is 0 Å². The Kier molecular flexibility index (Phi) is 12.1. The summed E-state index contributed by atoms with van der Waals surface area (Å²) in [4.78, 5) is 0. The second-order valence-corrected chi connectivity index (χ2v) is 1.06. The molecule has 0 aliphatic rings. The van der Waals surface area contributed by atoms with Crippen LogP contribution in [0, 0.1) is 0 Å². The van der Waals surface area contributed by atoms with Crippen LogP contribution in [0.15, 0.2) is 37.7 Å². The van der Waals surface area contributed by atoms with Gasteiger partial charge in [0.1, 0.15) is 5.83 Å². The Morgan fingerprint density at radius 3 is 1.62 bits per heavy atom. The minimum absolute atomic E-state index is 0.481. The van der Waals surface area contributed by atoms with Gasteiger partial charge in [-0.1, -0.05) is 19.2 Å². The van der Waals surface area contributed by atoms with Crippen LogP contribution in [0.3, 0.4) is 0 Å². The number of rotatable bonds is 1. The lowest BCUT2D eigenvalue weighted by Gasteiger charge is -1.66. The molecule has 0 aromatic heterocycles. The van der Waals surface area contributed by atoms with Gasteiger partial charge in [-0.25, -0.2) is 4.39 Å². The summed E-state index contributed by atoms with van der Waals surface area (Å²) in [7, 11) is 0. The zero-order chi connectivity index (χ0) is 6.99. The number of halogens is 1. The van der Waals surface area contributed by atoms with Crippen LogP contribution in [0.1, 0.15) is 6.92 Å². The molecule has 0 aliphatic heterocycles. The number of allylic oxidation sites excluding steroid dienone is 3. The zero-order valence-corrected chi connectivity index (χ0v) is 5.15. The highest BCUT2D eigenvalue weighted by molar-refractivity contribution is 4.99. The highest BCUT2D eigenvalue weighted by Gasteiger charge is 1.66. The van der Waals surface area contributed by atoms with Crippen molar-refractivity contribution >= 4 is 0 Å². The lowest BCUT2D eigenvalue weighted by molar-refractivity contribution is 0.672. The fourth-order valence-electron chi connectivity index (χ4n) is 0. The molecule has 0 aromatic rings. The van der Waals surface area contributed by atoms with E-state index in [2.05, 4.69) is 19.7 Å². The molecule has 0 fully saturated rings. The third-order valence-electron chi connectivity index (χ3n) is 0.221. The summed E-state index contributed by atoms with van der Waals surface area (Å²) in [5.41, 5.74) is 0. The summed E-state index contributed by atoms with van der Waals surface area (Å²) in [6.45, 7) is 11.2. The smallest absolute Gasteiger partial charge is 0.115 e. The Morgan fingerprint density at radius 2 is 1.62 bits per heavy atom. The lowest BCUT2D eigenvalue weighted by atomic mass is 10.6. The molecule has 0 spiro atoms. The molecule has 0 amide bonds. The van der Waals surface area contributed by atoms with Crippen LogP contribution >= 0.6 is 0 Å². The minimum atomic E-state index is -0.481. The van der Waals surface area contributed by atoms with E-state index in [9.17, 15) is 4.39 Å². The minimum Gasteiger partial charge on any atom is -0.208 e. The first-order valence-electron chi connectivity index (χ1n) is 2.23. The van der Waals surface area contributed by atoms with Gasteiger partial charge in [0.2, 0.25) is 0 Å². The topological polar surface area (TPSA) is 0 Å². The van der Waals surface area contributed by atoms with Gasteiger partial charge in [-0.05, 0) is 13.0 Å². The summed E-state index contributed by atoms with van der Waals surface area (Å²) in [6.07, 6.45) is 2.81. The summed E-state index contributed by atoms with van der Waals surface area (Å²) >= 11 is 0. The molecule has 0 saturated heterocycles. The quantitative estimate of drug-likeness (QED) is 0.363. The molecule has 0 bridgehead atoms. The van der Waals surface area contributed by atoms with Gasteiger partial charge in [-0.2, -0.15) is 0 Å². The molecule has 1 heteroatoms. The molecular formula is C7H11F. The van der Waals surface area contributed by atoms with E-state index in [1.54, 1.807) is 6.08 Å². The largest absolute Gasteiger partial charge is 0.208 e. The van der Waals surface area contributed by atoms with Crippen molar-refractivity contribution in [3.8, 4) is 0 Å². The average Bonchev–Trinajstić information content (AvgIpc) is 1.69. The van der Waals surface area contributed by atoms with Crippen molar-refractivity contribution in [2.45, 2.75) is 6.92 Å². The van der Waals surface area contributed by atoms with Gasteiger partial charge in [-0.15, -0.1) is 6.58 Å². The van der Waals surface area contributed by atoms with Crippen LogP contribution in [0.2, 0.25) is 0 Å². The van der Waals surface area contributed by atoms with Gasteiger partial charge in [-0.3, -0.25) is 0 Å². The number of hydrogen-bond donors (Lipinski definition) is 0. The normalized spacial score (nSPS) is 5.75. The fraction of sp³-hybridized carbons (Fsp3) is 0.143. The maximum absolute atomic E-state index is 11.1. The SMILES string of the molecule is C=CC.C=CC(=C)F. The highest BCUT2D eigenvalue weighted by atomic mass is 19.1. The predicted octanol–water partition coefficient (Wildman–Crippen LogP) is 2.85. The Balaban J connectivity index is 0. The maximum Gasteiger partial charge on any atom is 0.115 e. The first kappa shape index (κ1) is 10.2. The molecule has 0 N–H and O–H groups in total. The molecule has 8 heavy (non-hydrogen) atoms. The van der Waals surface area contributed by atoms with Crippen molar-refractivity contribution in [1.82, 2.24) is 0 Å².